The second kappa shape index (κ2) is 15.3. The first-order chi connectivity index (χ1) is 19.9. The molecule has 10 heteroatoms. The Bertz CT molecular complexity index is 794. The van der Waals surface area contributed by atoms with E-state index in [4.69, 9.17) is 0 Å². The van der Waals surface area contributed by atoms with Crippen LogP contribution in [0, 0.1) is 29.6 Å². The summed E-state index contributed by atoms with van der Waals surface area (Å²) >= 11 is 0. The van der Waals surface area contributed by atoms with Crippen LogP contribution in [-0.2, 0) is 4.79 Å². The predicted molar refractivity (Wildman–Crippen MR) is 153 cm³/mol. The van der Waals surface area contributed by atoms with E-state index in [9.17, 15) is 31.1 Å². The Morgan fingerprint density at radius 2 is 1.31 bits per heavy atom. The lowest BCUT2D eigenvalue weighted by atomic mass is 9.73. The molecule has 0 aromatic rings. The standard InChI is InChI=1S/C32H53F6N3O/c1-40(17-13-24-20-26(31(33,34)35)22-27(21-24)32(36,37)38)30(42)29(25-10-6-3-7-11-25)41-18-14-28(15-19-41)39-16-12-23-8-4-2-5-9-23/h23-29,39H,2-22H2,1H3. The van der Waals surface area contributed by atoms with Crippen molar-refractivity contribution in [2.45, 2.75) is 134 Å². The number of nitrogens with one attached hydrogen (secondary N) is 1. The molecule has 3 saturated carbocycles. The van der Waals surface area contributed by atoms with Gasteiger partial charge in [0.2, 0.25) is 5.91 Å². The van der Waals surface area contributed by atoms with Gasteiger partial charge in [-0.3, -0.25) is 9.69 Å². The van der Waals surface area contributed by atoms with E-state index in [0.717, 1.165) is 64.1 Å². The van der Waals surface area contributed by atoms with E-state index in [1.54, 1.807) is 11.9 Å². The highest BCUT2D eigenvalue weighted by Crippen LogP contribution is 2.48. The van der Waals surface area contributed by atoms with Crippen molar-refractivity contribution in [1.82, 2.24) is 15.1 Å². The Labute approximate surface area is 248 Å². The van der Waals surface area contributed by atoms with Gasteiger partial charge in [0.25, 0.3) is 0 Å². The molecule has 3 aliphatic carbocycles. The molecule has 0 aromatic carbocycles. The van der Waals surface area contributed by atoms with Crippen LogP contribution in [0.2, 0.25) is 0 Å². The lowest BCUT2D eigenvalue weighted by Gasteiger charge is -2.43. The number of halogens is 6. The first-order valence-corrected chi connectivity index (χ1v) is 16.8. The summed E-state index contributed by atoms with van der Waals surface area (Å²) in [6.07, 6.45) is 4.81. The van der Waals surface area contributed by atoms with Gasteiger partial charge < -0.3 is 10.2 Å². The molecule has 1 N–H and O–H groups in total. The molecule has 1 saturated heterocycles. The molecular formula is C32H53F6N3O. The van der Waals surface area contributed by atoms with Gasteiger partial charge in [0, 0.05) is 32.7 Å². The van der Waals surface area contributed by atoms with Gasteiger partial charge in [-0.1, -0.05) is 51.4 Å². The van der Waals surface area contributed by atoms with Gasteiger partial charge in [-0.15, -0.1) is 0 Å². The Balaban J connectivity index is 1.31. The third kappa shape index (κ3) is 9.73. The third-order valence-corrected chi connectivity index (χ3v) is 11.0. The Morgan fingerprint density at radius 3 is 1.86 bits per heavy atom. The largest absolute Gasteiger partial charge is 0.391 e. The van der Waals surface area contributed by atoms with Crippen LogP contribution in [0.1, 0.15) is 109 Å². The number of alkyl halides is 6. The average Bonchev–Trinajstić information content (AvgIpc) is 2.97. The molecule has 4 rings (SSSR count). The quantitative estimate of drug-likeness (QED) is 0.255. The van der Waals surface area contributed by atoms with E-state index >= 15 is 0 Å². The Morgan fingerprint density at radius 1 is 0.762 bits per heavy atom. The van der Waals surface area contributed by atoms with Crippen molar-refractivity contribution in [3.05, 3.63) is 0 Å². The minimum absolute atomic E-state index is 0.0128. The monoisotopic (exact) mass is 609 g/mol. The second-order valence-corrected chi connectivity index (χ2v) is 14.0. The Kier molecular flexibility index (Phi) is 12.3. The third-order valence-electron chi connectivity index (χ3n) is 11.0. The van der Waals surface area contributed by atoms with E-state index in [0.29, 0.717) is 6.04 Å². The summed E-state index contributed by atoms with van der Waals surface area (Å²) in [7, 11) is 1.68. The number of rotatable bonds is 10. The van der Waals surface area contributed by atoms with Crippen LogP contribution in [0.3, 0.4) is 0 Å². The molecule has 4 nitrogen and oxygen atoms in total. The van der Waals surface area contributed by atoms with Crippen LogP contribution in [-0.4, -0.2) is 73.4 Å². The predicted octanol–water partition coefficient (Wildman–Crippen LogP) is 7.97. The summed E-state index contributed by atoms with van der Waals surface area (Å²) < 4.78 is 80.8. The van der Waals surface area contributed by atoms with Gasteiger partial charge in [-0.2, -0.15) is 26.3 Å². The molecule has 1 heterocycles. The maximum atomic E-state index is 13.9. The number of likely N-dealkylation sites (N-methyl/N-ethyl adjacent to an activating group) is 1. The number of likely N-dealkylation sites (tertiary alicyclic amines) is 1. The van der Waals surface area contributed by atoms with Crippen molar-refractivity contribution in [3.63, 3.8) is 0 Å². The van der Waals surface area contributed by atoms with Crippen LogP contribution < -0.4 is 5.32 Å². The fourth-order valence-corrected chi connectivity index (χ4v) is 8.37. The highest BCUT2D eigenvalue weighted by molar-refractivity contribution is 5.82. The van der Waals surface area contributed by atoms with E-state index in [1.165, 1.54) is 44.9 Å². The average molecular weight is 610 g/mol. The first-order valence-electron chi connectivity index (χ1n) is 16.8. The Hall–Kier alpha value is -1.03. The molecule has 1 aliphatic heterocycles. The van der Waals surface area contributed by atoms with Gasteiger partial charge in [0.1, 0.15) is 0 Å². The van der Waals surface area contributed by atoms with Gasteiger partial charge in [-0.25, -0.2) is 0 Å². The number of amides is 1. The number of carbonyl (C=O) groups excluding carboxylic acids is 1. The van der Waals surface area contributed by atoms with E-state index in [1.807, 2.05) is 0 Å². The maximum absolute atomic E-state index is 13.9. The van der Waals surface area contributed by atoms with Gasteiger partial charge >= 0.3 is 12.4 Å². The molecule has 3 atom stereocenters. The number of hydrogen-bond donors (Lipinski definition) is 1. The lowest BCUT2D eigenvalue weighted by Crippen LogP contribution is -2.56. The zero-order chi connectivity index (χ0) is 30.3. The molecule has 0 bridgehead atoms. The fraction of sp³-hybridized carbons (Fsp3) is 0.969. The summed E-state index contributed by atoms with van der Waals surface area (Å²) in [5, 5.41) is 3.76. The van der Waals surface area contributed by atoms with Crippen molar-refractivity contribution in [2.75, 3.05) is 33.2 Å². The van der Waals surface area contributed by atoms with E-state index in [-0.39, 0.29) is 43.7 Å². The molecule has 0 radical (unpaired) electrons. The van der Waals surface area contributed by atoms with Crippen LogP contribution in [0.4, 0.5) is 26.3 Å². The first kappa shape index (κ1) is 33.9. The summed E-state index contributed by atoms with van der Waals surface area (Å²) in [4.78, 5) is 17.8. The fourth-order valence-electron chi connectivity index (χ4n) is 8.37. The molecule has 4 aliphatic rings. The number of nitrogens with zero attached hydrogens (tertiary/aromatic N) is 2. The molecule has 4 fully saturated rings. The maximum Gasteiger partial charge on any atom is 0.391 e. The van der Waals surface area contributed by atoms with Gasteiger partial charge in [0.15, 0.2) is 0 Å². The number of carbonyl (C=O) groups is 1. The zero-order valence-electron chi connectivity index (χ0n) is 25.5. The highest BCUT2D eigenvalue weighted by Gasteiger charge is 2.51. The molecule has 0 spiro atoms. The van der Waals surface area contributed by atoms with Crippen molar-refractivity contribution >= 4 is 5.91 Å². The smallest absolute Gasteiger partial charge is 0.344 e. The molecule has 42 heavy (non-hydrogen) atoms. The molecular weight excluding hydrogens is 556 g/mol. The van der Waals surface area contributed by atoms with E-state index in [2.05, 4.69) is 10.2 Å². The van der Waals surface area contributed by atoms with Gasteiger partial charge in [0.05, 0.1) is 17.9 Å². The van der Waals surface area contributed by atoms with Crippen LogP contribution in [0.25, 0.3) is 0 Å². The second-order valence-electron chi connectivity index (χ2n) is 14.0. The summed E-state index contributed by atoms with van der Waals surface area (Å²) in [5.41, 5.74) is 0. The minimum atomic E-state index is -4.63. The van der Waals surface area contributed by atoms with Crippen molar-refractivity contribution < 1.29 is 31.1 Å². The van der Waals surface area contributed by atoms with Crippen molar-refractivity contribution in [3.8, 4) is 0 Å². The van der Waals surface area contributed by atoms with Crippen molar-refractivity contribution in [2.24, 2.45) is 29.6 Å². The molecule has 1 amide bonds. The normalized spacial score (nSPS) is 29.0. The summed E-state index contributed by atoms with van der Waals surface area (Å²) in [6, 6.07) is 0.204. The lowest BCUT2D eigenvalue weighted by molar-refractivity contribution is -0.229. The highest BCUT2D eigenvalue weighted by atomic mass is 19.4. The number of piperidine rings is 1. The van der Waals surface area contributed by atoms with Gasteiger partial charge in [-0.05, 0) is 82.1 Å². The molecule has 244 valence electrons. The topological polar surface area (TPSA) is 35.6 Å². The summed E-state index contributed by atoms with van der Waals surface area (Å²) in [5.74, 6) is -3.48. The van der Waals surface area contributed by atoms with Crippen molar-refractivity contribution in [1.29, 1.82) is 0 Å². The van der Waals surface area contributed by atoms with Crippen LogP contribution in [0.5, 0.6) is 0 Å². The summed E-state index contributed by atoms with van der Waals surface area (Å²) in [6.45, 7) is 2.92. The van der Waals surface area contributed by atoms with E-state index < -0.39 is 36.5 Å². The molecule has 3 unspecified atom stereocenters. The number of hydrogen-bond acceptors (Lipinski definition) is 3. The zero-order valence-corrected chi connectivity index (χ0v) is 25.5. The van der Waals surface area contributed by atoms with Crippen LogP contribution in [0.15, 0.2) is 0 Å². The van der Waals surface area contributed by atoms with Crippen LogP contribution >= 0.6 is 0 Å². The molecule has 0 aromatic heterocycles. The minimum Gasteiger partial charge on any atom is -0.344 e. The SMILES string of the molecule is CN(CCC1CC(C(F)(F)F)CC(C(F)(F)F)C1)C(=O)C(C1CCCCC1)N1CCC(NCCC2CCCCC2)CC1.